The van der Waals surface area contributed by atoms with Crippen LogP contribution in [0.1, 0.15) is 19.4 Å². The molecule has 4 nitrogen and oxygen atoms in total. The second-order valence-electron chi connectivity index (χ2n) is 4.61. The fraction of sp³-hybridized carbons (Fsp3) is 0.462. The Morgan fingerprint density at radius 3 is 2.41 bits per heavy atom. The van der Waals surface area contributed by atoms with Gasteiger partial charge >= 0.3 is 6.03 Å². The highest BCUT2D eigenvalue weighted by atomic mass is 16.2. The lowest BCUT2D eigenvalue weighted by molar-refractivity contribution is 0.217. The molecule has 0 aromatic heterocycles. The molecule has 3 N–H and O–H groups in total. The van der Waals surface area contributed by atoms with E-state index in [2.05, 4.69) is 19.2 Å². The molecule has 0 saturated carbocycles. The summed E-state index contributed by atoms with van der Waals surface area (Å²) in [7, 11) is 1.80. The standard InChI is InChI=1S/C13H21N3O/c1-10(2)9-16(3)13(17)15-12-6-4-11(8-14)5-7-12/h4-7,10H,8-9,14H2,1-3H3,(H,15,17). The molecule has 0 heterocycles. The van der Waals surface area contributed by atoms with Gasteiger partial charge in [-0.1, -0.05) is 26.0 Å². The van der Waals surface area contributed by atoms with Crippen molar-refractivity contribution in [3.63, 3.8) is 0 Å². The molecule has 0 fully saturated rings. The lowest BCUT2D eigenvalue weighted by Crippen LogP contribution is -2.34. The molecule has 1 aromatic rings. The Kier molecular flexibility index (Phi) is 4.97. The summed E-state index contributed by atoms with van der Waals surface area (Å²) in [4.78, 5) is 13.5. The molecule has 0 spiro atoms. The van der Waals surface area contributed by atoms with E-state index in [-0.39, 0.29) is 6.03 Å². The van der Waals surface area contributed by atoms with E-state index in [0.717, 1.165) is 17.8 Å². The summed E-state index contributed by atoms with van der Waals surface area (Å²) in [6.07, 6.45) is 0. The quantitative estimate of drug-likeness (QED) is 0.841. The maximum Gasteiger partial charge on any atom is 0.321 e. The first-order valence-corrected chi connectivity index (χ1v) is 5.84. The lowest BCUT2D eigenvalue weighted by atomic mass is 10.2. The first-order valence-electron chi connectivity index (χ1n) is 5.84. The van der Waals surface area contributed by atoms with E-state index >= 15 is 0 Å². The van der Waals surface area contributed by atoms with Gasteiger partial charge in [-0.3, -0.25) is 0 Å². The number of nitrogens with zero attached hydrogens (tertiary/aromatic N) is 1. The second-order valence-corrected chi connectivity index (χ2v) is 4.61. The molecule has 0 radical (unpaired) electrons. The third-order valence-electron chi connectivity index (χ3n) is 2.43. The highest BCUT2D eigenvalue weighted by Gasteiger charge is 2.09. The van der Waals surface area contributed by atoms with Crippen molar-refractivity contribution < 1.29 is 4.79 Å². The van der Waals surface area contributed by atoms with Gasteiger partial charge < -0.3 is 16.0 Å². The molecule has 1 aromatic carbocycles. The van der Waals surface area contributed by atoms with Crippen LogP contribution in [0.3, 0.4) is 0 Å². The predicted molar refractivity (Wildman–Crippen MR) is 70.8 cm³/mol. The molecule has 2 amide bonds. The fourth-order valence-electron chi connectivity index (χ4n) is 1.57. The molecule has 0 aliphatic rings. The van der Waals surface area contributed by atoms with Gasteiger partial charge in [0.05, 0.1) is 0 Å². The number of carbonyl (C=O) groups is 1. The normalized spacial score (nSPS) is 10.4. The first kappa shape index (κ1) is 13.5. The number of hydrogen-bond acceptors (Lipinski definition) is 2. The summed E-state index contributed by atoms with van der Waals surface area (Å²) in [5.41, 5.74) is 7.36. The molecule has 17 heavy (non-hydrogen) atoms. The van der Waals surface area contributed by atoms with Crippen molar-refractivity contribution in [2.75, 3.05) is 18.9 Å². The maximum atomic E-state index is 11.8. The van der Waals surface area contributed by atoms with Gasteiger partial charge in [0.1, 0.15) is 0 Å². The number of benzene rings is 1. The molecular weight excluding hydrogens is 214 g/mol. The van der Waals surface area contributed by atoms with Crippen LogP contribution in [0, 0.1) is 5.92 Å². The van der Waals surface area contributed by atoms with Crippen LogP contribution in [0.4, 0.5) is 10.5 Å². The third kappa shape index (κ3) is 4.44. The van der Waals surface area contributed by atoms with Crippen molar-refractivity contribution in [2.45, 2.75) is 20.4 Å². The Balaban J connectivity index is 2.55. The highest BCUT2D eigenvalue weighted by Crippen LogP contribution is 2.10. The molecule has 0 bridgehead atoms. The summed E-state index contributed by atoms with van der Waals surface area (Å²) in [5, 5.41) is 2.84. The SMILES string of the molecule is CC(C)CN(C)C(=O)Nc1ccc(CN)cc1. The third-order valence-corrected chi connectivity index (χ3v) is 2.43. The summed E-state index contributed by atoms with van der Waals surface area (Å²) in [5.74, 6) is 0.463. The van der Waals surface area contributed by atoms with Crippen molar-refractivity contribution in [2.24, 2.45) is 11.7 Å². The second kappa shape index (κ2) is 6.25. The molecule has 0 saturated heterocycles. The summed E-state index contributed by atoms with van der Waals surface area (Å²) in [6.45, 7) is 5.42. The summed E-state index contributed by atoms with van der Waals surface area (Å²) in [6, 6.07) is 7.47. The van der Waals surface area contributed by atoms with Gasteiger partial charge in [0.25, 0.3) is 0 Å². The predicted octanol–water partition coefficient (Wildman–Crippen LogP) is 2.27. The zero-order valence-corrected chi connectivity index (χ0v) is 10.7. The largest absolute Gasteiger partial charge is 0.327 e. The summed E-state index contributed by atoms with van der Waals surface area (Å²) >= 11 is 0. The van der Waals surface area contributed by atoms with Gasteiger partial charge in [-0.15, -0.1) is 0 Å². The van der Waals surface area contributed by atoms with E-state index in [1.54, 1.807) is 11.9 Å². The molecule has 0 unspecified atom stereocenters. The molecular formula is C13H21N3O. The fourth-order valence-corrected chi connectivity index (χ4v) is 1.57. The maximum absolute atomic E-state index is 11.8. The smallest absolute Gasteiger partial charge is 0.321 e. The van der Waals surface area contributed by atoms with Crippen LogP contribution in [0.2, 0.25) is 0 Å². The van der Waals surface area contributed by atoms with Crippen LogP contribution in [0.5, 0.6) is 0 Å². The number of hydrogen-bond donors (Lipinski definition) is 2. The van der Waals surface area contributed by atoms with E-state index < -0.39 is 0 Å². The van der Waals surface area contributed by atoms with Crippen molar-refractivity contribution in [3.05, 3.63) is 29.8 Å². The highest BCUT2D eigenvalue weighted by molar-refractivity contribution is 5.89. The molecule has 0 atom stereocenters. The van der Waals surface area contributed by atoms with E-state index in [0.29, 0.717) is 12.5 Å². The van der Waals surface area contributed by atoms with E-state index in [1.807, 2.05) is 24.3 Å². The van der Waals surface area contributed by atoms with Crippen molar-refractivity contribution in [3.8, 4) is 0 Å². The van der Waals surface area contributed by atoms with Gasteiger partial charge in [0, 0.05) is 25.8 Å². The summed E-state index contributed by atoms with van der Waals surface area (Å²) < 4.78 is 0. The number of nitrogens with one attached hydrogen (secondary N) is 1. The molecule has 4 heteroatoms. The topological polar surface area (TPSA) is 58.4 Å². The Hall–Kier alpha value is -1.55. The average molecular weight is 235 g/mol. The van der Waals surface area contributed by atoms with Gasteiger partial charge in [0.15, 0.2) is 0 Å². The number of rotatable bonds is 4. The first-order chi connectivity index (χ1) is 8.02. The van der Waals surface area contributed by atoms with E-state index in [1.165, 1.54) is 0 Å². The van der Waals surface area contributed by atoms with Crippen LogP contribution < -0.4 is 11.1 Å². The number of anilines is 1. The zero-order chi connectivity index (χ0) is 12.8. The van der Waals surface area contributed by atoms with Crippen LogP contribution in [0.15, 0.2) is 24.3 Å². The van der Waals surface area contributed by atoms with Crippen LogP contribution in [0.25, 0.3) is 0 Å². The van der Waals surface area contributed by atoms with Gasteiger partial charge in [-0.2, -0.15) is 0 Å². The van der Waals surface area contributed by atoms with E-state index in [4.69, 9.17) is 5.73 Å². The molecule has 0 aliphatic carbocycles. The molecule has 1 rings (SSSR count). The van der Waals surface area contributed by atoms with Gasteiger partial charge in [-0.25, -0.2) is 4.79 Å². The Bertz CT molecular complexity index is 359. The Morgan fingerprint density at radius 1 is 1.35 bits per heavy atom. The number of urea groups is 1. The van der Waals surface area contributed by atoms with Crippen molar-refractivity contribution in [1.82, 2.24) is 4.90 Å². The number of amides is 2. The van der Waals surface area contributed by atoms with Gasteiger partial charge in [0.2, 0.25) is 0 Å². The molecule has 94 valence electrons. The molecule has 0 aliphatic heterocycles. The van der Waals surface area contributed by atoms with Gasteiger partial charge in [-0.05, 0) is 23.6 Å². The minimum atomic E-state index is -0.0841. The monoisotopic (exact) mass is 235 g/mol. The number of carbonyl (C=O) groups excluding carboxylic acids is 1. The Morgan fingerprint density at radius 2 is 1.94 bits per heavy atom. The lowest BCUT2D eigenvalue weighted by Gasteiger charge is -2.19. The van der Waals surface area contributed by atoms with Crippen LogP contribution in [-0.2, 0) is 6.54 Å². The average Bonchev–Trinajstić information content (AvgIpc) is 2.29. The minimum absolute atomic E-state index is 0.0841. The van der Waals surface area contributed by atoms with Crippen LogP contribution in [-0.4, -0.2) is 24.5 Å². The van der Waals surface area contributed by atoms with Crippen molar-refractivity contribution in [1.29, 1.82) is 0 Å². The number of nitrogens with two attached hydrogens (primary N) is 1. The Labute approximate surface area is 103 Å². The van der Waals surface area contributed by atoms with Crippen LogP contribution >= 0.6 is 0 Å². The zero-order valence-electron chi connectivity index (χ0n) is 10.7. The van der Waals surface area contributed by atoms with E-state index in [9.17, 15) is 4.79 Å². The van der Waals surface area contributed by atoms with Crippen molar-refractivity contribution >= 4 is 11.7 Å². The minimum Gasteiger partial charge on any atom is -0.327 e.